The lowest BCUT2D eigenvalue weighted by Gasteiger charge is -2.29. The fraction of sp³-hybridized carbons (Fsp3) is 0.148. The predicted molar refractivity (Wildman–Crippen MR) is 143 cm³/mol. The molecule has 1 fully saturated rings. The van der Waals surface area contributed by atoms with Crippen molar-refractivity contribution >= 4 is 52.7 Å². The summed E-state index contributed by atoms with van der Waals surface area (Å²) in [4.78, 5) is 43.6. The summed E-state index contributed by atoms with van der Waals surface area (Å²) in [5.41, 5.74) is 0.229. The van der Waals surface area contributed by atoms with Crippen LogP contribution in [0.5, 0.6) is 11.5 Å². The van der Waals surface area contributed by atoms with Gasteiger partial charge in [0.1, 0.15) is 22.7 Å². The fourth-order valence-electron chi connectivity index (χ4n) is 3.38. The molecule has 2 aromatic carbocycles. The third kappa shape index (κ3) is 6.36. The van der Waals surface area contributed by atoms with Gasteiger partial charge in [0.15, 0.2) is 5.11 Å². The minimum atomic E-state index is -0.706. The van der Waals surface area contributed by atoms with E-state index in [1.54, 1.807) is 51.1 Å². The van der Waals surface area contributed by atoms with Crippen LogP contribution in [0.15, 0.2) is 78.6 Å². The molecule has 0 bridgehead atoms. The van der Waals surface area contributed by atoms with Crippen molar-refractivity contribution in [1.29, 1.82) is 0 Å². The number of carbonyl (C=O) groups is 3. The number of rotatable bonds is 5. The molecule has 188 valence electrons. The quantitative estimate of drug-likeness (QED) is 0.277. The molecule has 0 unspecified atom stereocenters. The van der Waals surface area contributed by atoms with Gasteiger partial charge in [0.25, 0.3) is 11.8 Å². The summed E-state index contributed by atoms with van der Waals surface area (Å²) in [6.45, 7) is 5.21. The second-order valence-electron chi connectivity index (χ2n) is 8.96. The first-order valence-corrected chi connectivity index (χ1v) is 11.7. The average molecular weight is 517 g/mol. The molecule has 37 heavy (non-hydrogen) atoms. The van der Waals surface area contributed by atoms with Gasteiger partial charge in [0.05, 0.1) is 17.6 Å². The summed E-state index contributed by atoms with van der Waals surface area (Å²) in [7, 11) is 0. The highest BCUT2D eigenvalue weighted by atomic mass is 32.1. The smallest absolute Gasteiger partial charge is 0.412 e. The lowest BCUT2D eigenvalue weighted by atomic mass is 10.1. The van der Waals surface area contributed by atoms with Crippen LogP contribution in [0.25, 0.3) is 6.08 Å². The Kier molecular flexibility index (Phi) is 7.30. The van der Waals surface area contributed by atoms with Crippen molar-refractivity contribution in [2.45, 2.75) is 26.4 Å². The summed E-state index contributed by atoms with van der Waals surface area (Å²) < 4.78 is 11.1. The zero-order chi connectivity index (χ0) is 26.6. The van der Waals surface area contributed by atoms with E-state index in [4.69, 9.17) is 21.7 Å². The molecule has 0 radical (unpaired) electrons. The third-order valence-corrected chi connectivity index (χ3v) is 5.25. The second-order valence-corrected chi connectivity index (χ2v) is 9.34. The molecule has 3 amide bonds. The number of hydrogen-bond donors (Lipinski definition) is 2. The molecule has 3 aromatic rings. The highest BCUT2D eigenvalue weighted by Crippen LogP contribution is 2.28. The maximum atomic E-state index is 13.4. The van der Waals surface area contributed by atoms with Gasteiger partial charge in [-0.25, -0.2) is 4.79 Å². The van der Waals surface area contributed by atoms with Crippen molar-refractivity contribution in [3.63, 3.8) is 0 Å². The standard InChI is InChI=1S/C27H24N4O5S/c1-27(2,3)36-26(34)29-22-16-28-14-13-17(22)15-21-23(32)30-25(37)31(24(21)33)18-9-11-20(12-10-18)35-19-7-5-4-6-8-19/h4-16H,1-3H3,(H,29,34)(H,30,32,37). The fourth-order valence-corrected chi connectivity index (χ4v) is 3.67. The van der Waals surface area contributed by atoms with Gasteiger partial charge in [-0.15, -0.1) is 0 Å². The van der Waals surface area contributed by atoms with Crippen molar-refractivity contribution < 1.29 is 23.9 Å². The molecule has 9 nitrogen and oxygen atoms in total. The predicted octanol–water partition coefficient (Wildman–Crippen LogP) is 5.05. The number of thiocarbonyl (C=S) groups is 1. The molecule has 2 heterocycles. The van der Waals surface area contributed by atoms with Crippen LogP contribution in [-0.2, 0) is 14.3 Å². The van der Waals surface area contributed by atoms with Gasteiger partial charge < -0.3 is 9.47 Å². The Balaban J connectivity index is 1.58. The van der Waals surface area contributed by atoms with Crippen LogP contribution in [0.3, 0.4) is 0 Å². The molecule has 0 saturated carbocycles. The lowest BCUT2D eigenvalue weighted by Crippen LogP contribution is -2.54. The Labute approximate surface area is 219 Å². The maximum Gasteiger partial charge on any atom is 0.412 e. The molecular weight excluding hydrogens is 492 g/mol. The number of pyridine rings is 1. The van der Waals surface area contributed by atoms with Crippen LogP contribution in [0.2, 0.25) is 0 Å². The van der Waals surface area contributed by atoms with Crippen molar-refractivity contribution in [2.75, 3.05) is 10.2 Å². The van der Waals surface area contributed by atoms with Crippen molar-refractivity contribution in [1.82, 2.24) is 10.3 Å². The first-order valence-electron chi connectivity index (χ1n) is 11.3. The number of ether oxygens (including phenoxy) is 2. The molecule has 1 aliphatic rings. The van der Waals surface area contributed by atoms with Crippen LogP contribution < -0.4 is 20.3 Å². The Morgan fingerprint density at radius 1 is 1.03 bits per heavy atom. The van der Waals surface area contributed by atoms with Gasteiger partial charge in [-0.2, -0.15) is 0 Å². The second kappa shape index (κ2) is 10.6. The maximum absolute atomic E-state index is 13.4. The molecule has 0 aliphatic carbocycles. The molecule has 10 heteroatoms. The molecule has 1 saturated heterocycles. The number of para-hydroxylation sites is 1. The molecule has 4 rings (SSSR count). The van der Waals surface area contributed by atoms with Crippen LogP contribution in [0.4, 0.5) is 16.2 Å². The molecular formula is C27H24N4O5S. The minimum absolute atomic E-state index is 0.0503. The van der Waals surface area contributed by atoms with E-state index in [-0.39, 0.29) is 16.4 Å². The van der Waals surface area contributed by atoms with Gasteiger partial charge in [0, 0.05) is 11.8 Å². The van der Waals surface area contributed by atoms with Gasteiger partial charge in [-0.1, -0.05) is 18.2 Å². The Morgan fingerprint density at radius 2 is 1.70 bits per heavy atom. The molecule has 1 aliphatic heterocycles. The number of nitrogens with one attached hydrogen (secondary N) is 2. The van der Waals surface area contributed by atoms with E-state index in [2.05, 4.69) is 15.6 Å². The zero-order valence-corrected chi connectivity index (χ0v) is 21.2. The van der Waals surface area contributed by atoms with Crippen LogP contribution >= 0.6 is 12.2 Å². The van der Waals surface area contributed by atoms with E-state index < -0.39 is 23.5 Å². The summed E-state index contributed by atoms with van der Waals surface area (Å²) in [6, 6.07) is 17.6. The van der Waals surface area contributed by atoms with E-state index in [9.17, 15) is 14.4 Å². The van der Waals surface area contributed by atoms with Crippen molar-refractivity contribution in [3.05, 3.63) is 84.2 Å². The molecule has 0 atom stereocenters. The highest BCUT2D eigenvalue weighted by molar-refractivity contribution is 7.80. The van der Waals surface area contributed by atoms with Crippen LogP contribution in [-0.4, -0.2) is 33.6 Å². The van der Waals surface area contributed by atoms with Gasteiger partial charge in [-0.3, -0.25) is 30.1 Å². The van der Waals surface area contributed by atoms with Gasteiger partial charge in [0.2, 0.25) is 0 Å². The first-order chi connectivity index (χ1) is 17.6. The van der Waals surface area contributed by atoms with Crippen molar-refractivity contribution in [3.8, 4) is 11.5 Å². The normalized spacial score (nSPS) is 14.8. The zero-order valence-electron chi connectivity index (χ0n) is 20.3. The molecule has 0 spiro atoms. The Bertz CT molecular complexity index is 1380. The number of hydrogen-bond acceptors (Lipinski definition) is 7. The number of carbonyl (C=O) groups excluding carboxylic acids is 3. The molecule has 1 aromatic heterocycles. The van der Waals surface area contributed by atoms with Gasteiger partial charge >= 0.3 is 6.09 Å². The average Bonchev–Trinajstić information content (AvgIpc) is 2.83. The van der Waals surface area contributed by atoms with Crippen LogP contribution in [0.1, 0.15) is 26.3 Å². The Hall–Kier alpha value is -4.57. The van der Waals surface area contributed by atoms with E-state index in [0.29, 0.717) is 22.7 Å². The monoisotopic (exact) mass is 516 g/mol. The number of benzene rings is 2. The summed E-state index contributed by atoms with van der Waals surface area (Å²) in [6.07, 6.45) is 3.55. The summed E-state index contributed by atoms with van der Waals surface area (Å²) in [5, 5.41) is 5.09. The van der Waals surface area contributed by atoms with Gasteiger partial charge in [-0.05, 0) is 81.5 Å². The van der Waals surface area contributed by atoms with E-state index in [1.165, 1.54) is 23.4 Å². The lowest BCUT2D eigenvalue weighted by molar-refractivity contribution is -0.122. The van der Waals surface area contributed by atoms with E-state index >= 15 is 0 Å². The Morgan fingerprint density at radius 3 is 2.38 bits per heavy atom. The first kappa shape index (κ1) is 25.5. The molecule has 2 N–H and O–H groups in total. The number of nitrogens with zero attached hydrogens (tertiary/aromatic N) is 2. The topological polar surface area (TPSA) is 110 Å². The minimum Gasteiger partial charge on any atom is -0.457 e. The largest absolute Gasteiger partial charge is 0.457 e. The number of amides is 3. The SMILES string of the molecule is CC(C)(C)OC(=O)Nc1cnccc1C=C1C(=O)NC(=S)N(c2ccc(Oc3ccccc3)cc2)C1=O. The van der Waals surface area contributed by atoms with Crippen LogP contribution in [0, 0.1) is 0 Å². The summed E-state index contributed by atoms with van der Waals surface area (Å²) >= 11 is 5.28. The highest BCUT2D eigenvalue weighted by Gasteiger charge is 2.34. The number of anilines is 2. The summed E-state index contributed by atoms with van der Waals surface area (Å²) in [5.74, 6) is -0.0361. The van der Waals surface area contributed by atoms with E-state index in [0.717, 1.165) is 0 Å². The third-order valence-electron chi connectivity index (χ3n) is 4.97. The van der Waals surface area contributed by atoms with Crippen molar-refractivity contribution in [2.24, 2.45) is 0 Å². The number of aromatic nitrogens is 1. The van der Waals surface area contributed by atoms with E-state index in [1.807, 2.05) is 30.3 Å².